The zero-order chi connectivity index (χ0) is 18.9. The average molecular weight is 358 g/mol. The maximum absolute atomic E-state index is 12.1. The first-order valence-electron chi connectivity index (χ1n) is 9.37. The van der Waals surface area contributed by atoms with Gasteiger partial charge in [0.1, 0.15) is 17.9 Å². The summed E-state index contributed by atoms with van der Waals surface area (Å²) >= 11 is 0. The number of aliphatic imine (C=N–C) groups is 1. The SMILES string of the molecule is CCNC(=NCc1oc2ccccc2c1C)NCCC(=O)N(CC)CC. The summed E-state index contributed by atoms with van der Waals surface area (Å²) < 4.78 is 5.91. The normalized spacial score (nSPS) is 11.6. The van der Waals surface area contributed by atoms with E-state index in [2.05, 4.69) is 28.6 Å². The van der Waals surface area contributed by atoms with Gasteiger partial charge in [0.2, 0.25) is 5.91 Å². The summed E-state index contributed by atoms with van der Waals surface area (Å²) in [5.74, 6) is 1.72. The molecule has 2 aromatic rings. The first-order valence-corrected chi connectivity index (χ1v) is 9.37. The molecule has 0 radical (unpaired) electrons. The molecule has 6 heteroatoms. The number of amides is 1. The van der Waals surface area contributed by atoms with E-state index in [0.717, 1.165) is 41.9 Å². The van der Waals surface area contributed by atoms with Crippen molar-refractivity contribution in [2.24, 2.45) is 4.99 Å². The molecule has 1 aromatic carbocycles. The Kier molecular flexibility index (Phi) is 7.51. The van der Waals surface area contributed by atoms with E-state index >= 15 is 0 Å². The number of para-hydroxylation sites is 1. The van der Waals surface area contributed by atoms with E-state index in [1.165, 1.54) is 0 Å². The topological polar surface area (TPSA) is 69.9 Å². The summed E-state index contributed by atoms with van der Waals surface area (Å²) in [6, 6.07) is 8.01. The number of furan rings is 1. The molecule has 1 aromatic heterocycles. The number of carbonyl (C=O) groups is 1. The molecule has 0 aliphatic carbocycles. The predicted molar refractivity (Wildman–Crippen MR) is 106 cm³/mol. The molecular weight excluding hydrogens is 328 g/mol. The van der Waals surface area contributed by atoms with E-state index in [1.54, 1.807) is 0 Å². The van der Waals surface area contributed by atoms with Gasteiger partial charge in [0, 0.05) is 43.5 Å². The molecule has 0 unspecified atom stereocenters. The quantitative estimate of drug-likeness (QED) is 0.562. The van der Waals surface area contributed by atoms with Crippen LogP contribution >= 0.6 is 0 Å². The molecular formula is C20H30N4O2. The summed E-state index contributed by atoms with van der Waals surface area (Å²) in [7, 11) is 0. The van der Waals surface area contributed by atoms with Crippen LogP contribution in [-0.4, -0.2) is 42.9 Å². The van der Waals surface area contributed by atoms with Crippen LogP contribution in [0.15, 0.2) is 33.7 Å². The number of rotatable bonds is 8. The summed E-state index contributed by atoms with van der Waals surface area (Å²) in [6.45, 7) is 11.3. The molecule has 2 N–H and O–H groups in total. The Balaban J connectivity index is 1.97. The highest BCUT2D eigenvalue weighted by Gasteiger charge is 2.11. The summed E-state index contributed by atoms with van der Waals surface area (Å²) in [5, 5.41) is 7.56. The highest BCUT2D eigenvalue weighted by Crippen LogP contribution is 2.25. The Morgan fingerprint density at radius 2 is 1.88 bits per heavy atom. The lowest BCUT2D eigenvalue weighted by molar-refractivity contribution is -0.130. The molecule has 0 aliphatic rings. The third-order valence-electron chi connectivity index (χ3n) is 4.41. The van der Waals surface area contributed by atoms with Crippen LogP contribution in [0.1, 0.15) is 38.5 Å². The zero-order valence-electron chi connectivity index (χ0n) is 16.3. The standard InChI is InChI=1S/C20H30N4O2/c1-5-21-20(22-13-12-19(25)24(6-2)7-3)23-14-18-15(4)16-10-8-9-11-17(16)26-18/h8-11H,5-7,12-14H2,1-4H3,(H2,21,22,23). The molecule has 0 spiro atoms. The number of carbonyl (C=O) groups excluding carboxylic acids is 1. The van der Waals surface area contributed by atoms with Crippen LogP contribution in [0, 0.1) is 6.92 Å². The van der Waals surface area contributed by atoms with Crippen LogP contribution in [0.2, 0.25) is 0 Å². The Morgan fingerprint density at radius 1 is 1.15 bits per heavy atom. The fraction of sp³-hybridized carbons (Fsp3) is 0.500. The number of hydrogen-bond acceptors (Lipinski definition) is 3. The lowest BCUT2D eigenvalue weighted by atomic mass is 10.1. The summed E-state index contributed by atoms with van der Waals surface area (Å²) in [6.07, 6.45) is 0.454. The Labute approximate surface area is 155 Å². The Hall–Kier alpha value is -2.50. The Morgan fingerprint density at radius 3 is 2.54 bits per heavy atom. The average Bonchev–Trinajstić information content (AvgIpc) is 2.97. The van der Waals surface area contributed by atoms with Gasteiger partial charge < -0.3 is 20.0 Å². The largest absolute Gasteiger partial charge is 0.459 e. The molecule has 1 heterocycles. The van der Waals surface area contributed by atoms with Gasteiger partial charge in [-0.25, -0.2) is 4.99 Å². The van der Waals surface area contributed by atoms with Crippen LogP contribution < -0.4 is 10.6 Å². The third-order valence-corrected chi connectivity index (χ3v) is 4.41. The minimum atomic E-state index is 0.159. The van der Waals surface area contributed by atoms with Crippen molar-refractivity contribution >= 4 is 22.8 Å². The number of aryl methyl sites for hydroxylation is 1. The fourth-order valence-corrected chi connectivity index (χ4v) is 2.89. The van der Waals surface area contributed by atoms with E-state index in [1.807, 2.05) is 43.9 Å². The van der Waals surface area contributed by atoms with Crippen LogP contribution in [0.25, 0.3) is 11.0 Å². The Bertz CT molecular complexity index is 747. The number of guanidine groups is 1. The minimum Gasteiger partial charge on any atom is -0.459 e. The monoisotopic (exact) mass is 358 g/mol. The molecule has 142 valence electrons. The molecule has 0 fully saturated rings. The van der Waals surface area contributed by atoms with Crippen LogP contribution in [-0.2, 0) is 11.3 Å². The third kappa shape index (κ3) is 5.00. The molecule has 0 saturated carbocycles. The molecule has 0 atom stereocenters. The second-order valence-electron chi connectivity index (χ2n) is 6.08. The maximum Gasteiger partial charge on any atom is 0.224 e. The number of fused-ring (bicyclic) bond motifs is 1. The second kappa shape index (κ2) is 9.85. The van der Waals surface area contributed by atoms with Crippen molar-refractivity contribution in [1.29, 1.82) is 0 Å². The smallest absolute Gasteiger partial charge is 0.224 e. The molecule has 6 nitrogen and oxygen atoms in total. The lowest BCUT2D eigenvalue weighted by Crippen LogP contribution is -2.40. The van der Waals surface area contributed by atoms with Crippen LogP contribution in [0.3, 0.4) is 0 Å². The zero-order valence-corrected chi connectivity index (χ0v) is 16.3. The summed E-state index contributed by atoms with van der Waals surface area (Å²) in [5.41, 5.74) is 2.01. The first-order chi connectivity index (χ1) is 12.6. The van der Waals surface area contributed by atoms with Gasteiger partial charge >= 0.3 is 0 Å². The van der Waals surface area contributed by atoms with Gasteiger partial charge in [-0.2, -0.15) is 0 Å². The second-order valence-corrected chi connectivity index (χ2v) is 6.08. The van der Waals surface area contributed by atoms with E-state index in [0.29, 0.717) is 25.5 Å². The van der Waals surface area contributed by atoms with Crippen molar-refractivity contribution in [2.45, 2.75) is 40.7 Å². The van der Waals surface area contributed by atoms with Crippen molar-refractivity contribution in [3.05, 3.63) is 35.6 Å². The van der Waals surface area contributed by atoms with Gasteiger partial charge in [-0.05, 0) is 33.8 Å². The highest BCUT2D eigenvalue weighted by molar-refractivity contribution is 5.83. The van der Waals surface area contributed by atoms with Crippen molar-refractivity contribution in [2.75, 3.05) is 26.2 Å². The van der Waals surface area contributed by atoms with Gasteiger partial charge in [0.25, 0.3) is 0 Å². The fourth-order valence-electron chi connectivity index (χ4n) is 2.89. The van der Waals surface area contributed by atoms with Gasteiger partial charge in [-0.3, -0.25) is 4.79 Å². The van der Waals surface area contributed by atoms with E-state index in [4.69, 9.17) is 4.42 Å². The van der Waals surface area contributed by atoms with Crippen molar-refractivity contribution in [1.82, 2.24) is 15.5 Å². The summed E-state index contributed by atoms with van der Waals surface area (Å²) in [4.78, 5) is 18.5. The molecule has 0 saturated heterocycles. The highest BCUT2D eigenvalue weighted by atomic mass is 16.3. The van der Waals surface area contributed by atoms with Gasteiger partial charge in [-0.1, -0.05) is 18.2 Å². The minimum absolute atomic E-state index is 0.159. The molecule has 26 heavy (non-hydrogen) atoms. The van der Waals surface area contributed by atoms with Crippen molar-refractivity contribution < 1.29 is 9.21 Å². The maximum atomic E-state index is 12.1. The number of benzene rings is 1. The number of nitrogens with zero attached hydrogens (tertiary/aromatic N) is 2. The van der Waals surface area contributed by atoms with Crippen molar-refractivity contribution in [3.8, 4) is 0 Å². The lowest BCUT2D eigenvalue weighted by Gasteiger charge is -2.19. The molecule has 2 rings (SSSR count). The van der Waals surface area contributed by atoms with E-state index in [-0.39, 0.29) is 5.91 Å². The van der Waals surface area contributed by atoms with Gasteiger partial charge in [0.15, 0.2) is 5.96 Å². The van der Waals surface area contributed by atoms with Crippen LogP contribution in [0.5, 0.6) is 0 Å². The van der Waals surface area contributed by atoms with E-state index < -0.39 is 0 Å². The molecule has 1 amide bonds. The molecule has 0 aliphatic heterocycles. The van der Waals surface area contributed by atoms with Crippen molar-refractivity contribution in [3.63, 3.8) is 0 Å². The number of hydrogen-bond donors (Lipinski definition) is 2. The van der Waals surface area contributed by atoms with Crippen LogP contribution in [0.4, 0.5) is 0 Å². The predicted octanol–water partition coefficient (Wildman–Crippen LogP) is 3.05. The van der Waals surface area contributed by atoms with Gasteiger partial charge in [0.05, 0.1) is 0 Å². The molecule has 0 bridgehead atoms. The van der Waals surface area contributed by atoms with Gasteiger partial charge in [-0.15, -0.1) is 0 Å². The number of nitrogens with one attached hydrogen (secondary N) is 2. The van der Waals surface area contributed by atoms with E-state index in [9.17, 15) is 4.79 Å². The first kappa shape index (κ1) is 19.8.